The summed E-state index contributed by atoms with van der Waals surface area (Å²) in [5.74, 6) is 0.0990. The molecule has 0 atom stereocenters. The van der Waals surface area contributed by atoms with E-state index in [0.717, 1.165) is 41.2 Å². The molecule has 0 saturated carbocycles. The van der Waals surface area contributed by atoms with Gasteiger partial charge in [0.2, 0.25) is 0 Å². The third-order valence-electron chi connectivity index (χ3n) is 6.62. The van der Waals surface area contributed by atoms with Crippen molar-refractivity contribution < 1.29 is 14.3 Å². The molecule has 35 heavy (non-hydrogen) atoms. The van der Waals surface area contributed by atoms with Crippen LogP contribution in [0.2, 0.25) is 0 Å². The number of anilines is 2. The van der Waals surface area contributed by atoms with E-state index in [1.54, 1.807) is 7.11 Å². The molecule has 0 unspecified atom stereocenters. The fourth-order valence-electron chi connectivity index (χ4n) is 4.61. The first-order chi connectivity index (χ1) is 17.0. The van der Waals surface area contributed by atoms with Crippen LogP contribution in [0.3, 0.4) is 0 Å². The van der Waals surface area contributed by atoms with Gasteiger partial charge in [-0.25, -0.2) is 0 Å². The topological polar surface area (TPSA) is 61.9 Å². The minimum atomic E-state index is -0.329. The van der Waals surface area contributed by atoms with E-state index < -0.39 is 0 Å². The maximum Gasteiger partial charge on any atom is 0.278 e. The van der Waals surface area contributed by atoms with Crippen molar-refractivity contribution in [2.75, 3.05) is 30.4 Å². The van der Waals surface area contributed by atoms with E-state index in [-0.39, 0.29) is 18.4 Å². The maximum absolute atomic E-state index is 13.5. The Labute approximate surface area is 205 Å². The lowest BCUT2D eigenvalue weighted by atomic mass is 10.0. The average Bonchev–Trinajstić information content (AvgIpc) is 3.50. The monoisotopic (exact) mass is 467 g/mol. The van der Waals surface area contributed by atoms with E-state index in [4.69, 9.17) is 4.74 Å². The molecular formula is C29H29N3O3. The molecule has 2 heterocycles. The van der Waals surface area contributed by atoms with Gasteiger partial charge < -0.3 is 15.0 Å². The summed E-state index contributed by atoms with van der Waals surface area (Å²) in [7, 11) is 1.61. The van der Waals surface area contributed by atoms with Gasteiger partial charge in [-0.2, -0.15) is 0 Å². The van der Waals surface area contributed by atoms with E-state index in [9.17, 15) is 9.59 Å². The Morgan fingerprint density at radius 3 is 2.11 bits per heavy atom. The first-order valence-corrected chi connectivity index (χ1v) is 12.0. The Bertz CT molecular complexity index is 1260. The van der Waals surface area contributed by atoms with Crippen molar-refractivity contribution >= 4 is 28.8 Å². The van der Waals surface area contributed by atoms with Gasteiger partial charge in [0.25, 0.3) is 11.8 Å². The Morgan fingerprint density at radius 2 is 1.49 bits per heavy atom. The van der Waals surface area contributed by atoms with E-state index >= 15 is 0 Å². The third kappa shape index (κ3) is 4.64. The van der Waals surface area contributed by atoms with Gasteiger partial charge in [0.15, 0.2) is 0 Å². The van der Waals surface area contributed by atoms with E-state index in [1.807, 2.05) is 67.6 Å². The molecule has 1 fully saturated rings. The number of carbonyl (C=O) groups is 2. The number of methoxy groups -OCH3 is 1. The quantitative estimate of drug-likeness (QED) is 0.496. The normalized spacial score (nSPS) is 15.8. The minimum absolute atomic E-state index is 0.191. The second-order valence-corrected chi connectivity index (χ2v) is 9.03. The maximum atomic E-state index is 13.5. The van der Waals surface area contributed by atoms with Gasteiger partial charge in [0.05, 0.1) is 19.2 Å². The number of rotatable bonds is 7. The Morgan fingerprint density at radius 1 is 0.829 bits per heavy atom. The van der Waals surface area contributed by atoms with Crippen molar-refractivity contribution in [3.8, 4) is 5.75 Å². The number of benzene rings is 3. The number of hydrogen-bond acceptors (Lipinski definition) is 5. The Hall–Kier alpha value is -4.06. The van der Waals surface area contributed by atoms with Crippen LogP contribution >= 0.6 is 0 Å². The molecule has 0 aromatic heterocycles. The lowest BCUT2D eigenvalue weighted by Gasteiger charge is -2.18. The molecule has 3 aromatic rings. The molecule has 0 aliphatic carbocycles. The molecule has 6 heteroatoms. The number of nitrogens with zero attached hydrogens (tertiary/aromatic N) is 2. The number of amides is 2. The van der Waals surface area contributed by atoms with Crippen molar-refractivity contribution in [3.05, 3.63) is 95.2 Å². The average molecular weight is 468 g/mol. The summed E-state index contributed by atoms with van der Waals surface area (Å²) >= 11 is 0. The second kappa shape index (κ2) is 9.66. The van der Waals surface area contributed by atoms with Gasteiger partial charge >= 0.3 is 0 Å². The lowest BCUT2D eigenvalue weighted by Crippen LogP contribution is -2.32. The first-order valence-electron chi connectivity index (χ1n) is 12.0. The lowest BCUT2D eigenvalue weighted by molar-refractivity contribution is -0.137. The second-order valence-electron chi connectivity index (χ2n) is 9.03. The number of aryl methyl sites for hydroxylation is 1. The van der Waals surface area contributed by atoms with Crippen LogP contribution in [0.4, 0.5) is 11.4 Å². The van der Waals surface area contributed by atoms with E-state index in [1.165, 1.54) is 23.4 Å². The van der Waals surface area contributed by atoms with Crippen molar-refractivity contribution in [3.63, 3.8) is 0 Å². The number of hydrogen-bond donors (Lipinski definition) is 1. The summed E-state index contributed by atoms with van der Waals surface area (Å²) in [6.07, 6.45) is 2.43. The molecule has 1 N–H and O–H groups in total. The molecule has 2 aliphatic rings. The highest BCUT2D eigenvalue weighted by atomic mass is 16.5. The highest BCUT2D eigenvalue weighted by molar-refractivity contribution is 6.36. The van der Waals surface area contributed by atoms with E-state index in [0.29, 0.717) is 11.3 Å². The fraction of sp³-hybridized carbons (Fsp3) is 0.241. The predicted octanol–water partition coefficient (Wildman–Crippen LogP) is 5.00. The molecule has 0 spiro atoms. The van der Waals surface area contributed by atoms with Crippen LogP contribution in [0, 0.1) is 6.92 Å². The van der Waals surface area contributed by atoms with E-state index in [2.05, 4.69) is 22.3 Å². The summed E-state index contributed by atoms with van der Waals surface area (Å²) < 4.78 is 5.22. The van der Waals surface area contributed by atoms with Gasteiger partial charge in [0, 0.05) is 24.5 Å². The molecule has 3 aromatic carbocycles. The fourth-order valence-corrected chi connectivity index (χ4v) is 4.61. The zero-order valence-corrected chi connectivity index (χ0v) is 20.1. The SMILES string of the molecule is COc1ccc(CN2C(=O)C(Nc3ccc(N4CCCC4)cc3)=C(c3ccc(C)cc3)C2=O)cc1. The van der Waals surface area contributed by atoms with Crippen LogP contribution < -0.4 is 15.0 Å². The minimum Gasteiger partial charge on any atom is -0.497 e. The molecule has 6 nitrogen and oxygen atoms in total. The highest BCUT2D eigenvalue weighted by Gasteiger charge is 2.39. The molecule has 1 saturated heterocycles. The van der Waals surface area contributed by atoms with Crippen molar-refractivity contribution in [1.29, 1.82) is 0 Å². The Balaban J connectivity index is 1.45. The largest absolute Gasteiger partial charge is 0.497 e. The Kier molecular flexibility index (Phi) is 6.27. The summed E-state index contributed by atoms with van der Waals surface area (Å²) in [5.41, 5.74) is 5.33. The summed E-state index contributed by atoms with van der Waals surface area (Å²) in [5, 5.41) is 3.27. The molecular weight excluding hydrogens is 438 g/mol. The number of carbonyl (C=O) groups excluding carboxylic acids is 2. The zero-order valence-electron chi connectivity index (χ0n) is 20.1. The summed E-state index contributed by atoms with van der Waals surface area (Å²) in [4.78, 5) is 30.7. The zero-order chi connectivity index (χ0) is 24.4. The van der Waals surface area contributed by atoms with Crippen LogP contribution in [0.25, 0.3) is 5.57 Å². The van der Waals surface area contributed by atoms with Crippen LogP contribution in [0.5, 0.6) is 5.75 Å². The van der Waals surface area contributed by atoms with Crippen molar-refractivity contribution in [1.82, 2.24) is 4.90 Å². The van der Waals surface area contributed by atoms with Gasteiger partial charge in [-0.05, 0) is 67.3 Å². The standard InChI is InChI=1S/C29H29N3O3/c1-20-5-9-22(10-6-20)26-27(30-23-11-13-24(14-12-23)31-17-3-4-18-31)29(34)32(28(26)33)19-21-7-15-25(35-2)16-8-21/h5-16,30H,3-4,17-19H2,1-2H3. The highest BCUT2D eigenvalue weighted by Crippen LogP contribution is 2.32. The van der Waals surface area contributed by atoms with Crippen molar-refractivity contribution in [2.45, 2.75) is 26.3 Å². The van der Waals surface area contributed by atoms with Crippen LogP contribution in [-0.4, -0.2) is 36.9 Å². The number of ether oxygens (including phenoxy) is 1. The molecule has 2 aliphatic heterocycles. The summed E-state index contributed by atoms with van der Waals surface area (Å²) in [6.45, 7) is 4.33. The smallest absolute Gasteiger partial charge is 0.278 e. The molecule has 2 amide bonds. The van der Waals surface area contributed by atoms with Crippen LogP contribution in [0.1, 0.15) is 29.5 Å². The molecule has 178 valence electrons. The number of imide groups is 1. The van der Waals surface area contributed by atoms with Gasteiger partial charge in [-0.1, -0.05) is 42.0 Å². The van der Waals surface area contributed by atoms with Crippen LogP contribution in [-0.2, 0) is 16.1 Å². The molecule has 0 radical (unpaired) electrons. The third-order valence-corrected chi connectivity index (χ3v) is 6.62. The molecule has 5 rings (SSSR count). The molecule has 0 bridgehead atoms. The van der Waals surface area contributed by atoms with Gasteiger partial charge in [0.1, 0.15) is 11.4 Å². The van der Waals surface area contributed by atoms with Gasteiger partial charge in [-0.3, -0.25) is 14.5 Å². The van der Waals surface area contributed by atoms with Crippen molar-refractivity contribution in [2.24, 2.45) is 0 Å². The summed E-state index contributed by atoms with van der Waals surface area (Å²) in [6, 6.07) is 23.2. The van der Waals surface area contributed by atoms with Crippen LogP contribution in [0.15, 0.2) is 78.5 Å². The van der Waals surface area contributed by atoms with Gasteiger partial charge in [-0.15, -0.1) is 0 Å². The number of nitrogens with one attached hydrogen (secondary N) is 1. The predicted molar refractivity (Wildman–Crippen MR) is 138 cm³/mol. The first kappa shape index (κ1) is 22.7.